The minimum Gasteiger partial charge on any atom is -0.0622 e. The van der Waals surface area contributed by atoms with E-state index < -0.39 is 0 Å². The monoisotopic (exact) mass is 286 g/mol. The minimum atomic E-state index is 0.519. The van der Waals surface area contributed by atoms with Gasteiger partial charge in [0.15, 0.2) is 0 Å². The van der Waals surface area contributed by atoms with Crippen molar-refractivity contribution in [1.29, 1.82) is 0 Å². The molecule has 3 aromatic rings. The molecule has 0 bridgehead atoms. The topological polar surface area (TPSA) is 0 Å². The van der Waals surface area contributed by atoms with Gasteiger partial charge in [-0.25, -0.2) is 0 Å². The number of benzene rings is 3. The molecule has 0 spiro atoms. The normalized spacial score (nSPS) is 10.9. The number of rotatable bonds is 3. The van der Waals surface area contributed by atoms with Crippen molar-refractivity contribution in [3.8, 4) is 22.3 Å². The molecule has 3 rings (SSSR count). The Morgan fingerprint density at radius 2 is 1.05 bits per heavy atom. The maximum absolute atomic E-state index is 2.35. The van der Waals surface area contributed by atoms with Crippen molar-refractivity contribution in [2.75, 3.05) is 0 Å². The molecule has 0 heterocycles. The van der Waals surface area contributed by atoms with E-state index in [2.05, 4.69) is 93.6 Å². The van der Waals surface area contributed by atoms with E-state index in [1.54, 1.807) is 0 Å². The van der Waals surface area contributed by atoms with Crippen LogP contribution in [0.15, 0.2) is 72.8 Å². The highest BCUT2D eigenvalue weighted by Gasteiger charge is 2.12. The van der Waals surface area contributed by atoms with Crippen molar-refractivity contribution in [2.45, 2.75) is 26.7 Å². The van der Waals surface area contributed by atoms with E-state index in [9.17, 15) is 0 Å². The van der Waals surface area contributed by atoms with Crippen LogP contribution >= 0.6 is 0 Å². The van der Waals surface area contributed by atoms with Crippen LogP contribution in [-0.4, -0.2) is 0 Å². The van der Waals surface area contributed by atoms with Gasteiger partial charge in [-0.2, -0.15) is 0 Å². The second-order valence-corrected chi connectivity index (χ2v) is 6.13. The van der Waals surface area contributed by atoms with Crippen molar-refractivity contribution in [3.63, 3.8) is 0 Å². The molecule has 0 aromatic heterocycles. The largest absolute Gasteiger partial charge is 0.0622 e. The van der Waals surface area contributed by atoms with Crippen molar-refractivity contribution in [2.24, 2.45) is 0 Å². The lowest BCUT2D eigenvalue weighted by molar-refractivity contribution is 0.867. The minimum absolute atomic E-state index is 0.519. The first kappa shape index (κ1) is 14.6. The van der Waals surface area contributed by atoms with Gasteiger partial charge in [-0.15, -0.1) is 0 Å². The predicted octanol–water partition coefficient (Wildman–Crippen LogP) is 6.45. The molecule has 0 nitrogen and oxygen atoms in total. The van der Waals surface area contributed by atoms with Crippen LogP contribution in [0, 0.1) is 6.92 Å². The molecule has 110 valence electrons. The van der Waals surface area contributed by atoms with E-state index in [0.29, 0.717) is 5.92 Å². The Hall–Kier alpha value is -2.34. The van der Waals surface area contributed by atoms with Crippen molar-refractivity contribution >= 4 is 0 Å². The Kier molecular flexibility index (Phi) is 4.11. The first-order chi connectivity index (χ1) is 10.7. The van der Waals surface area contributed by atoms with Crippen molar-refractivity contribution < 1.29 is 0 Å². The highest BCUT2D eigenvalue weighted by atomic mass is 14.2. The van der Waals surface area contributed by atoms with E-state index in [1.165, 1.54) is 33.4 Å². The van der Waals surface area contributed by atoms with Crippen LogP contribution < -0.4 is 0 Å². The van der Waals surface area contributed by atoms with Crippen LogP contribution in [-0.2, 0) is 0 Å². The molecule has 0 fully saturated rings. The summed E-state index contributed by atoms with van der Waals surface area (Å²) >= 11 is 0. The summed E-state index contributed by atoms with van der Waals surface area (Å²) < 4.78 is 0. The molecule has 0 N–H and O–H groups in total. The molecule has 0 aliphatic rings. The van der Waals surface area contributed by atoms with Crippen LogP contribution in [0.2, 0.25) is 0 Å². The van der Waals surface area contributed by atoms with E-state index in [-0.39, 0.29) is 0 Å². The Morgan fingerprint density at radius 3 is 1.41 bits per heavy atom. The third-order valence-electron chi connectivity index (χ3n) is 4.27. The molecule has 3 aromatic carbocycles. The zero-order valence-electron chi connectivity index (χ0n) is 13.5. The smallest absolute Gasteiger partial charge is 0.0146 e. The summed E-state index contributed by atoms with van der Waals surface area (Å²) in [5.74, 6) is 0.519. The van der Waals surface area contributed by atoms with Crippen LogP contribution in [0.1, 0.15) is 30.9 Å². The fourth-order valence-electron chi connectivity index (χ4n) is 2.91. The molecule has 0 aliphatic heterocycles. The van der Waals surface area contributed by atoms with Gasteiger partial charge >= 0.3 is 0 Å². The summed E-state index contributed by atoms with van der Waals surface area (Å²) in [6.45, 7) is 6.75. The Balaban J connectivity index is 2.25. The average molecular weight is 286 g/mol. The van der Waals surface area contributed by atoms with Gasteiger partial charge in [-0.3, -0.25) is 0 Å². The van der Waals surface area contributed by atoms with Crippen LogP contribution in [0.5, 0.6) is 0 Å². The summed E-state index contributed by atoms with van der Waals surface area (Å²) in [5, 5.41) is 0. The molecular weight excluding hydrogens is 264 g/mol. The molecule has 0 radical (unpaired) electrons. The van der Waals surface area contributed by atoms with Gasteiger partial charge in [0.2, 0.25) is 0 Å². The fourth-order valence-corrected chi connectivity index (χ4v) is 2.91. The number of hydrogen-bond donors (Lipinski definition) is 0. The maximum Gasteiger partial charge on any atom is -0.0146 e. The quantitative estimate of drug-likeness (QED) is 0.519. The van der Waals surface area contributed by atoms with Gasteiger partial charge < -0.3 is 0 Å². The standard InChI is InChI=1S/C22H22/c1-16(2)20-14-21(18-10-6-4-7-11-18)17(3)22(15-20)19-12-8-5-9-13-19/h4-16H,1-3H3. The van der Waals surface area contributed by atoms with Crippen LogP contribution in [0.3, 0.4) is 0 Å². The Bertz CT molecular complexity index is 692. The van der Waals surface area contributed by atoms with Gasteiger partial charge in [-0.05, 0) is 46.2 Å². The van der Waals surface area contributed by atoms with Gasteiger partial charge in [0, 0.05) is 0 Å². The van der Waals surface area contributed by atoms with Gasteiger partial charge in [0.05, 0.1) is 0 Å². The lowest BCUT2D eigenvalue weighted by Crippen LogP contribution is -1.95. The molecular formula is C22H22. The van der Waals surface area contributed by atoms with E-state index >= 15 is 0 Å². The second-order valence-electron chi connectivity index (χ2n) is 6.13. The van der Waals surface area contributed by atoms with Gasteiger partial charge in [-0.1, -0.05) is 86.6 Å². The first-order valence-corrected chi connectivity index (χ1v) is 7.92. The molecule has 0 aliphatic carbocycles. The van der Waals surface area contributed by atoms with Crippen molar-refractivity contribution in [3.05, 3.63) is 83.9 Å². The third-order valence-corrected chi connectivity index (χ3v) is 4.27. The zero-order valence-corrected chi connectivity index (χ0v) is 13.5. The van der Waals surface area contributed by atoms with Gasteiger partial charge in [0.25, 0.3) is 0 Å². The lowest BCUT2D eigenvalue weighted by atomic mass is 9.88. The summed E-state index contributed by atoms with van der Waals surface area (Å²) in [4.78, 5) is 0. The SMILES string of the molecule is Cc1c(-c2ccccc2)cc(C(C)C)cc1-c1ccccc1. The fraction of sp³-hybridized carbons (Fsp3) is 0.182. The Labute approximate surface area is 133 Å². The first-order valence-electron chi connectivity index (χ1n) is 7.92. The van der Waals surface area contributed by atoms with Gasteiger partial charge in [0.1, 0.15) is 0 Å². The molecule has 0 saturated carbocycles. The molecule has 0 heteroatoms. The van der Waals surface area contributed by atoms with Crippen LogP contribution in [0.4, 0.5) is 0 Å². The second kappa shape index (κ2) is 6.19. The average Bonchev–Trinajstić information content (AvgIpc) is 2.56. The zero-order chi connectivity index (χ0) is 15.5. The molecule has 0 saturated heterocycles. The molecule has 0 atom stereocenters. The summed E-state index contributed by atoms with van der Waals surface area (Å²) in [7, 11) is 0. The lowest BCUT2D eigenvalue weighted by Gasteiger charge is -2.17. The molecule has 0 unspecified atom stereocenters. The molecule has 22 heavy (non-hydrogen) atoms. The number of hydrogen-bond acceptors (Lipinski definition) is 0. The predicted molar refractivity (Wildman–Crippen MR) is 96.1 cm³/mol. The van der Waals surface area contributed by atoms with E-state index in [4.69, 9.17) is 0 Å². The summed E-state index contributed by atoms with van der Waals surface area (Å²) in [6, 6.07) is 26.1. The molecule has 0 amide bonds. The van der Waals surface area contributed by atoms with Crippen molar-refractivity contribution in [1.82, 2.24) is 0 Å². The van der Waals surface area contributed by atoms with E-state index in [1.807, 2.05) is 0 Å². The summed E-state index contributed by atoms with van der Waals surface area (Å²) in [6.07, 6.45) is 0. The van der Waals surface area contributed by atoms with Crippen LogP contribution in [0.25, 0.3) is 22.3 Å². The Morgan fingerprint density at radius 1 is 0.636 bits per heavy atom. The summed E-state index contributed by atoms with van der Waals surface area (Å²) in [5.41, 5.74) is 8.00. The van der Waals surface area contributed by atoms with E-state index in [0.717, 1.165) is 0 Å². The third kappa shape index (κ3) is 2.82. The highest BCUT2D eigenvalue weighted by molar-refractivity contribution is 5.79. The maximum atomic E-state index is 2.35. The highest BCUT2D eigenvalue weighted by Crippen LogP contribution is 2.35.